The summed E-state index contributed by atoms with van der Waals surface area (Å²) in [6.45, 7) is 6.78. The second kappa shape index (κ2) is 7.69. The summed E-state index contributed by atoms with van der Waals surface area (Å²) in [4.78, 5) is 2.34. The molecule has 1 fully saturated rings. The van der Waals surface area contributed by atoms with Gasteiger partial charge in [-0.1, -0.05) is 25.1 Å². The Morgan fingerprint density at radius 2 is 2.30 bits per heavy atom. The summed E-state index contributed by atoms with van der Waals surface area (Å²) in [5.41, 5.74) is 0.333. The predicted molar refractivity (Wildman–Crippen MR) is 76.1 cm³/mol. The van der Waals surface area contributed by atoms with Crippen molar-refractivity contribution in [1.29, 1.82) is 0 Å². The first-order chi connectivity index (χ1) is 9.70. The van der Waals surface area contributed by atoms with Gasteiger partial charge in [0.05, 0.1) is 18.8 Å². The average molecular weight is 282 g/mol. The maximum Gasteiger partial charge on any atom is 0.129 e. The predicted octanol–water partition coefficient (Wildman–Crippen LogP) is 1.17. The molecule has 1 aliphatic rings. The van der Waals surface area contributed by atoms with Gasteiger partial charge >= 0.3 is 0 Å². The van der Waals surface area contributed by atoms with Crippen LogP contribution in [-0.2, 0) is 4.74 Å². The fourth-order valence-electron chi connectivity index (χ4n) is 2.43. The minimum absolute atomic E-state index is 0.136. The Kier molecular flexibility index (Phi) is 5.91. The van der Waals surface area contributed by atoms with E-state index in [4.69, 9.17) is 4.74 Å². The highest BCUT2D eigenvalue weighted by Crippen LogP contribution is 2.15. The summed E-state index contributed by atoms with van der Waals surface area (Å²) in [5.74, 6) is -0.368. The first-order valence-corrected chi connectivity index (χ1v) is 7.18. The number of nitrogens with one attached hydrogen (secondary N) is 1. The number of rotatable bonds is 6. The van der Waals surface area contributed by atoms with Crippen LogP contribution in [0.5, 0.6) is 0 Å². The van der Waals surface area contributed by atoms with Crippen molar-refractivity contribution in [3.8, 4) is 0 Å². The van der Waals surface area contributed by atoms with Crippen molar-refractivity contribution in [2.45, 2.75) is 19.1 Å². The van der Waals surface area contributed by atoms with E-state index in [0.29, 0.717) is 18.7 Å². The smallest absolute Gasteiger partial charge is 0.129 e. The molecule has 1 heterocycles. The zero-order valence-corrected chi connectivity index (χ0v) is 11.9. The lowest BCUT2D eigenvalue weighted by molar-refractivity contribution is -0.0262. The molecular formula is C15H23FN2O2. The van der Waals surface area contributed by atoms with Crippen molar-refractivity contribution >= 4 is 0 Å². The lowest BCUT2D eigenvalue weighted by Crippen LogP contribution is -2.46. The van der Waals surface area contributed by atoms with Crippen molar-refractivity contribution in [3.63, 3.8) is 0 Å². The SMILES string of the molecule is CCN1CCOC(CNCC(O)c2ccccc2F)C1. The van der Waals surface area contributed by atoms with E-state index >= 15 is 0 Å². The molecule has 2 rings (SSSR count). The zero-order valence-electron chi connectivity index (χ0n) is 11.9. The van der Waals surface area contributed by atoms with Gasteiger partial charge in [-0.25, -0.2) is 4.39 Å². The molecule has 2 N–H and O–H groups in total. The van der Waals surface area contributed by atoms with Crippen LogP contribution in [-0.4, -0.2) is 55.4 Å². The van der Waals surface area contributed by atoms with Gasteiger partial charge in [-0.2, -0.15) is 0 Å². The number of likely N-dealkylation sites (N-methyl/N-ethyl adjacent to an activating group) is 1. The van der Waals surface area contributed by atoms with E-state index in [9.17, 15) is 9.50 Å². The number of ether oxygens (including phenoxy) is 1. The third-order valence-corrected chi connectivity index (χ3v) is 3.64. The topological polar surface area (TPSA) is 44.7 Å². The highest BCUT2D eigenvalue weighted by Gasteiger charge is 2.19. The van der Waals surface area contributed by atoms with E-state index in [2.05, 4.69) is 17.1 Å². The maximum absolute atomic E-state index is 13.5. The highest BCUT2D eigenvalue weighted by molar-refractivity contribution is 5.19. The number of hydrogen-bond acceptors (Lipinski definition) is 4. The molecule has 0 saturated carbocycles. The summed E-state index contributed by atoms with van der Waals surface area (Å²) in [6, 6.07) is 6.32. The minimum Gasteiger partial charge on any atom is -0.387 e. The third kappa shape index (κ3) is 4.24. The molecule has 112 valence electrons. The number of nitrogens with zero attached hydrogens (tertiary/aromatic N) is 1. The van der Waals surface area contributed by atoms with Gasteiger partial charge in [0.2, 0.25) is 0 Å². The molecule has 1 aliphatic heterocycles. The van der Waals surface area contributed by atoms with Crippen LogP contribution in [0.15, 0.2) is 24.3 Å². The molecule has 2 atom stereocenters. The fourth-order valence-corrected chi connectivity index (χ4v) is 2.43. The number of aliphatic hydroxyl groups is 1. The normalized spacial score (nSPS) is 21.9. The lowest BCUT2D eigenvalue weighted by atomic mass is 10.1. The van der Waals surface area contributed by atoms with Crippen LogP contribution < -0.4 is 5.32 Å². The van der Waals surface area contributed by atoms with Gasteiger partial charge in [0.25, 0.3) is 0 Å². The second-order valence-electron chi connectivity index (χ2n) is 5.08. The number of hydrogen-bond donors (Lipinski definition) is 2. The van der Waals surface area contributed by atoms with Crippen LogP contribution in [0.4, 0.5) is 4.39 Å². The van der Waals surface area contributed by atoms with Crippen molar-refractivity contribution in [2.75, 3.05) is 39.3 Å². The van der Waals surface area contributed by atoms with E-state index in [-0.39, 0.29) is 11.9 Å². The van der Waals surface area contributed by atoms with Gasteiger partial charge in [0, 0.05) is 31.7 Å². The van der Waals surface area contributed by atoms with E-state index < -0.39 is 6.10 Å². The van der Waals surface area contributed by atoms with Crippen molar-refractivity contribution in [2.24, 2.45) is 0 Å². The summed E-state index contributed by atoms with van der Waals surface area (Å²) >= 11 is 0. The third-order valence-electron chi connectivity index (χ3n) is 3.64. The number of benzene rings is 1. The maximum atomic E-state index is 13.5. The van der Waals surface area contributed by atoms with Gasteiger partial charge in [-0.05, 0) is 12.6 Å². The van der Waals surface area contributed by atoms with Crippen LogP contribution in [0.25, 0.3) is 0 Å². The van der Waals surface area contributed by atoms with Crippen LogP contribution in [0.1, 0.15) is 18.6 Å². The zero-order chi connectivity index (χ0) is 14.4. The average Bonchev–Trinajstić information content (AvgIpc) is 2.48. The van der Waals surface area contributed by atoms with Gasteiger partial charge in [0.15, 0.2) is 0 Å². The van der Waals surface area contributed by atoms with Crippen LogP contribution in [0.3, 0.4) is 0 Å². The number of morpholine rings is 1. The largest absolute Gasteiger partial charge is 0.387 e. The summed E-state index contributed by atoms with van der Waals surface area (Å²) in [6.07, 6.45) is -0.696. The van der Waals surface area contributed by atoms with Crippen LogP contribution in [0.2, 0.25) is 0 Å². The Balaban J connectivity index is 1.74. The number of halogens is 1. The second-order valence-corrected chi connectivity index (χ2v) is 5.08. The van der Waals surface area contributed by atoms with Crippen LogP contribution >= 0.6 is 0 Å². The van der Waals surface area contributed by atoms with Gasteiger partial charge in [-0.3, -0.25) is 4.90 Å². The van der Waals surface area contributed by atoms with Gasteiger partial charge in [-0.15, -0.1) is 0 Å². The van der Waals surface area contributed by atoms with E-state index in [0.717, 1.165) is 26.2 Å². The van der Waals surface area contributed by atoms with Crippen LogP contribution in [0, 0.1) is 5.82 Å². The molecule has 0 aromatic heterocycles. The molecule has 0 spiro atoms. The van der Waals surface area contributed by atoms with Crippen molar-refractivity contribution < 1.29 is 14.2 Å². The molecule has 1 saturated heterocycles. The fraction of sp³-hybridized carbons (Fsp3) is 0.600. The molecule has 0 amide bonds. The van der Waals surface area contributed by atoms with E-state index in [1.807, 2.05) is 0 Å². The Labute approximate surface area is 119 Å². The summed E-state index contributed by atoms with van der Waals surface area (Å²) in [7, 11) is 0. The molecule has 0 aliphatic carbocycles. The van der Waals surface area contributed by atoms with Crippen molar-refractivity contribution in [3.05, 3.63) is 35.6 Å². The molecule has 1 aromatic carbocycles. The van der Waals surface area contributed by atoms with E-state index in [1.54, 1.807) is 18.2 Å². The first-order valence-electron chi connectivity index (χ1n) is 7.18. The van der Waals surface area contributed by atoms with E-state index in [1.165, 1.54) is 6.07 Å². The molecule has 0 bridgehead atoms. The summed E-state index contributed by atoms with van der Waals surface area (Å²) in [5, 5.41) is 13.1. The highest BCUT2D eigenvalue weighted by atomic mass is 19.1. The molecule has 20 heavy (non-hydrogen) atoms. The quantitative estimate of drug-likeness (QED) is 0.822. The first kappa shape index (κ1) is 15.4. The van der Waals surface area contributed by atoms with Crippen molar-refractivity contribution in [1.82, 2.24) is 10.2 Å². The Hall–Kier alpha value is -1.01. The Morgan fingerprint density at radius 3 is 3.05 bits per heavy atom. The monoisotopic (exact) mass is 282 g/mol. The molecule has 2 unspecified atom stereocenters. The molecule has 5 heteroatoms. The summed E-state index contributed by atoms with van der Waals surface area (Å²) < 4.78 is 19.2. The number of aliphatic hydroxyl groups excluding tert-OH is 1. The molecule has 1 aromatic rings. The van der Waals surface area contributed by atoms with Gasteiger partial charge in [0.1, 0.15) is 5.82 Å². The Morgan fingerprint density at radius 1 is 1.50 bits per heavy atom. The van der Waals surface area contributed by atoms with Gasteiger partial charge < -0.3 is 15.2 Å². The molecule has 0 radical (unpaired) electrons. The standard InChI is InChI=1S/C15H23FN2O2/c1-2-18-7-8-20-12(11-18)9-17-10-15(19)13-5-3-4-6-14(13)16/h3-6,12,15,17,19H,2,7-11H2,1H3. The Bertz CT molecular complexity index is 417. The molecular weight excluding hydrogens is 259 g/mol. The molecule has 4 nitrogen and oxygen atoms in total. The lowest BCUT2D eigenvalue weighted by Gasteiger charge is -2.32. The minimum atomic E-state index is -0.831.